The molecule has 1 aromatic carbocycles. The van der Waals surface area contributed by atoms with Crippen LogP contribution in [0.2, 0.25) is 0 Å². The molecule has 1 aliphatic heterocycles. The maximum Gasteiger partial charge on any atom is 0.315 e. The predicted molar refractivity (Wildman–Crippen MR) is 80.3 cm³/mol. The number of benzene rings is 1. The first-order valence-electron chi connectivity index (χ1n) is 6.65. The highest BCUT2D eigenvalue weighted by Crippen LogP contribution is 2.22. The van der Waals surface area contributed by atoms with E-state index in [-0.39, 0.29) is 24.3 Å². The quantitative estimate of drug-likeness (QED) is 0.798. The van der Waals surface area contributed by atoms with Gasteiger partial charge in [0, 0.05) is 24.0 Å². The lowest BCUT2D eigenvalue weighted by atomic mass is 10.1. The Kier molecular flexibility index (Phi) is 4.01. The summed E-state index contributed by atoms with van der Waals surface area (Å²) in [5, 5.41) is 8.08. The monoisotopic (exact) mass is 320 g/mol. The topological polar surface area (TPSA) is 83.1 Å². The third kappa shape index (κ3) is 3.22. The van der Waals surface area contributed by atoms with Crippen LogP contribution in [0.15, 0.2) is 30.5 Å². The van der Waals surface area contributed by atoms with Gasteiger partial charge >= 0.3 is 6.03 Å². The van der Waals surface area contributed by atoms with Gasteiger partial charge in [-0.15, -0.1) is 11.3 Å². The molecule has 2 aromatic rings. The Morgan fingerprint density at radius 1 is 1.45 bits per heavy atom. The highest BCUT2D eigenvalue weighted by Gasteiger charge is 2.27. The number of hydrogen-bond donors (Lipinski definition) is 3. The highest BCUT2D eigenvalue weighted by atomic mass is 32.1. The van der Waals surface area contributed by atoms with Crippen LogP contribution >= 0.6 is 11.3 Å². The van der Waals surface area contributed by atoms with Crippen molar-refractivity contribution < 1.29 is 14.0 Å². The van der Waals surface area contributed by atoms with E-state index in [0.717, 1.165) is 4.88 Å². The number of thiazole rings is 1. The van der Waals surface area contributed by atoms with Crippen LogP contribution in [0.5, 0.6) is 0 Å². The molecule has 8 heteroatoms. The minimum absolute atomic E-state index is 0.248. The maximum atomic E-state index is 13.6. The molecule has 0 bridgehead atoms. The molecule has 0 spiro atoms. The second-order valence-corrected chi connectivity index (χ2v) is 5.91. The van der Waals surface area contributed by atoms with Gasteiger partial charge in [-0.1, -0.05) is 18.2 Å². The van der Waals surface area contributed by atoms with Crippen molar-refractivity contribution in [3.63, 3.8) is 0 Å². The molecule has 2 heterocycles. The first kappa shape index (κ1) is 14.5. The molecule has 1 fully saturated rings. The molecular weight excluding hydrogens is 307 g/mol. The van der Waals surface area contributed by atoms with E-state index in [9.17, 15) is 14.0 Å². The molecular formula is C14H13FN4O2S. The van der Waals surface area contributed by atoms with Gasteiger partial charge in [0.15, 0.2) is 5.13 Å². The molecule has 114 valence electrons. The van der Waals surface area contributed by atoms with E-state index < -0.39 is 6.04 Å². The zero-order valence-corrected chi connectivity index (χ0v) is 12.2. The number of nitrogens with zero attached hydrogens (tertiary/aromatic N) is 1. The van der Waals surface area contributed by atoms with E-state index in [1.807, 2.05) is 0 Å². The maximum absolute atomic E-state index is 13.6. The van der Waals surface area contributed by atoms with Crippen molar-refractivity contribution in [3.8, 4) is 0 Å². The third-order valence-corrected chi connectivity index (χ3v) is 4.11. The van der Waals surface area contributed by atoms with Crippen LogP contribution in [-0.2, 0) is 11.2 Å². The summed E-state index contributed by atoms with van der Waals surface area (Å²) in [6.07, 6.45) is 2.03. The van der Waals surface area contributed by atoms with Gasteiger partial charge in [0.2, 0.25) is 0 Å². The van der Waals surface area contributed by atoms with Crippen molar-refractivity contribution >= 4 is 28.4 Å². The summed E-state index contributed by atoms with van der Waals surface area (Å²) in [6.45, 7) is 0.248. The molecule has 0 saturated carbocycles. The Morgan fingerprint density at radius 2 is 2.27 bits per heavy atom. The van der Waals surface area contributed by atoms with Crippen LogP contribution in [-0.4, -0.2) is 29.5 Å². The van der Waals surface area contributed by atoms with Crippen LogP contribution in [0.4, 0.5) is 14.3 Å². The van der Waals surface area contributed by atoms with Crippen LogP contribution in [0.3, 0.4) is 0 Å². The van der Waals surface area contributed by atoms with Crippen molar-refractivity contribution in [1.82, 2.24) is 15.6 Å². The van der Waals surface area contributed by atoms with Crippen LogP contribution in [0.25, 0.3) is 0 Å². The standard InChI is InChI=1S/C14H13FN4O2S/c15-10-4-2-1-3-8(10)5-9-6-17-14(22-9)19-12(20)11-7-16-13(21)18-11/h1-4,6,11H,5,7H2,(H2,16,18,21)(H,17,19,20)/t11-/m0/s1. The molecule has 6 nitrogen and oxygen atoms in total. The molecule has 0 radical (unpaired) electrons. The Labute approximate surface area is 129 Å². The number of rotatable bonds is 4. The number of carbonyl (C=O) groups is 2. The van der Waals surface area contributed by atoms with E-state index in [2.05, 4.69) is 20.9 Å². The molecule has 3 rings (SSSR count). The second-order valence-electron chi connectivity index (χ2n) is 4.80. The largest absolute Gasteiger partial charge is 0.336 e. The van der Waals surface area contributed by atoms with Gasteiger partial charge in [0.25, 0.3) is 5.91 Å². The summed E-state index contributed by atoms with van der Waals surface area (Å²) in [4.78, 5) is 27.9. The van der Waals surface area contributed by atoms with Crippen molar-refractivity contribution in [3.05, 3.63) is 46.7 Å². The van der Waals surface area contributed by atoms with Crippen LogP contribution in [0, 0.1) is 5.82 Å². The minimum atomic E-state index is -0.605. The number of amides is 3. The molecule has 1 aromatic heterocycles. The van der Waals surface area contributed by atoms with E-state index in [1.165, 1.54) is 17.4 Å². The van der Waals surface area contributed by atoms with Gasteiger partial charge in [-0.2, -0.15) is 0 Å². The minimum Gasteiger partial charge on any atom is -0.336 e. The summed E-state index contributed by atoms with van der Waals surface area (Å²) in [5.74, 6) is -0.591. The van der Waals surface area contributed by atoms with E-state index in [0.29, 0.717) is 17.1 Å². The van der Waals surface area contributed by atoms with Gasteiger partial charge in [0.05, 0.1) is 0 Å². The van der Waals surface area contributed by atoms with E-state index in [1.54, 1.807) is 24.4 Å². The molecule has 3 N–H and O–H groups in total. The van der Waals surface area contributed by atoms with Crippen molar-refractivity contribution in [2.75, 3.05) is 11.9 Å². The van der Waals surface area contributed by atoms with Gasteiger partial charge in [-0.25, -0.2) is 14.2 Å². The zero-order valence-electron chi connectivity index (χ0n) is 11.4. The fraction of sp³-hybridized carbons (Fsp3) is 0.214. The van der Waals surface area contributed by atoms with Gasteiger partial charge < -0.3 is 16.0 Å². The lowest BCUT2D eigenvalue weighted by Gasteiger charge is -2.06. The lowest BCUT2D eigenvalue weighted by molar-refractivity contribution is -0.117. The fourth-order valence-corrected chi connectivity index (χ4v) is 2.92. The van der Waals surface area contributed by atoms with E-state index >= 15 is 0 Å². The average Bonchev–Trinajstić information content (AvgIpc) is 3.11. The Hall–Kier alpha value is -2.48. The van der Waals surface area contributed by atoms with Crippen molar-refractivity contribution in [2.24, 2.45) is 0 Å². The summed E-state index contributed by atoms with van der Waals surface area (Å²) < 4.78 is 13.6. The molecule has 1 atom stereocenters. The molecule has 0 aliphatic carbocycles. The summed E-state index contributed by atoms with van der Waals surface area (Å²) in [7, 11) is 0. The van der Waals surface area contributed by atoms with Gasteiger partial charge in [-0.05, 0) is 11.6 Å². The summed E-state index contributed by atoms with van der Waals surface area (Å²) >= 11 is 1.28. The van der Waals surface area contributed by atoms with Gasteiger partial charge in [0.1, 0.15) is 11.9 Å². The fourth-order valence-electron chi connectivity index (χ4n) is 2.08. The first-order chi connectivity index (χ1) is 10.6. The number of halogens is 1. The number of carbonyl (C=O) groups excluding carboxylic acids is 2. The number of hydrogen-bond acceptors (Lipinski definition) is 4. The molecule has 0 unspecified atom stereocenters. The first-order valence-corrected chi connectivity index (χ1v) is 7.47. The molecule has 3 amide bonds. The Balaban J connectivity index is 1.63. The Morgan fingerprint density at radius 3 is 3.00 bits per heavy atom. The summed E-state index contributed by atoms with van der Waals surface area (Å²) in [6, 6.07) is 5.58. The SMILES string of the molecule is O=C1NC[C@@H](C(=O)Nc2ncc(Cc3ccccc3F)s2)N1. The average molecular weight is 320 g/mol. The third-order valence-electron chi connectivity index (χ3n) is 3.19. The van der Waals surface area contributed by atoms with Crippen molar-refractivity contribution in [2.45, 2.75) is 12.5 Å². The van der Waals surface area contributed by atoms with Crippen LogP contribution < -0.4 is 16.0 Å². The lowest BCUT2D eigenvalue weighted by Crippen LogP contribution is -2.38. The molecule has 1 saturated heterocycles. The molecule has 22 heavy (non-hydrogen) atoms. The van der Waals surface area contributed by atoms with E-state index in [4.69, 9.17) is 0 Å². The number of aromatic nitrogens is 1. The normalized spacial score (nSPS) is 17.0. The number of anilines is 1. The number of urea groups is 1. The van der Waals surface area contributed by atoms with Crippen LogP contribution in [0.1, 0.15) is 10.4 Å². The predicted octanol–water partition coefficient (Wildman–Crippen LogP) is 1.49. The van der Waals surface area contributed by atoms with Gasteiger partial charge in [-0.3, -0.25) is 4.79 Å². The highest BCUT2D eigenvalue weighted by molar-refractivity contribution is 7.15. The Bertz CT molecular complexity index is 718. The summed E-state index contributed by atoms with van der Waals surface area (Å²) in [5.41, 5.74) is 0.580. The smallest absolute Gasteiger partial charge is 0.315 e. The zero-order chi connectivity index (χ0) is 15.5. The molecule has 1 aliphatic rings. The second kappa shape index (κ2) is 6.10. The number of nitrogens with one attached hydrogen (secondary N) is 3. The van der Waals surface area contributed by atoms with Crippen molar-refractivity contribution in [1.29, 1.82) is 0 Å².